The summed E-state index contributed by atoms with van der Waals surface area (Å²) in [5, 5.41) is 0. The minimum Gasteiger partial charge on any atom is -0.301 e. The molecule has 0 N–H and O–H groups in total. The fourth-order valence-corrected chi connectivity index (χ4v) is 1.42. The predicted molar refractivity (Wildman–Crippen MR) is 63.2 cm³/mol. The normalized spacial score (nSPS) is 11.0. The van der Waals surface area contributed by atoms with E-state index in [0.29, 0.717) is 0 Å². The Balaban J connectivity index is 2.50. The highest BCUT2D eigenvalue weighted by atomic mass is 14.6. The second-order valence-corrected chi connectivity index (χ2v) is 3.56. The van der Waals surface area contributed by atoms with Gasteiger partial charge in [0.1, 0.15) is 0 Å². The monoisotopic (exact) mass is 189 g/mol. The number of unbranched alkanes of at least 4 members (excludes halogenated alkanes) is 1. The highest BCUT2D eigenvalue weighted by Crippen LogP contribution is 2.07. The smallest absolute Gasteiger partial charge is 0.0273 e. The van der Waals surface area contributed by atoms with Crippen LogP contribution in [0.15, 0.2) is 29.3 Å². The van der Waals surface area contributed by atoms with Gasteiger partial charge in [0.15, 0.2) is 0 Å². The van der Waals surface area contributed by atoms with Crippen LogP contribution in [0.4, 0.5) is 0 Å². The number of aliphatic imine (C=N–C) groups is 1. The molecular formula is C13H19N. The van der Waals surface area contributed by atoms with Crippen molar-refractivity contribution in [1.82, 2.24) is 0 Å². The Morgan fingerprint density at radius 1 is 1.14 bits per heavy atom. The Bertz CT molecular complexity index is 272. The first kappa shape index (κ1) is 11.0. The summed E-state index contributed by atoms with van der Waals surface area (Å²) < 4.78 is 0. The maximum atomic E-state index is 3.98. The fourth-order valence-electron chi connectivity index (χ4n) is 1.42. The van der Waals surface area contributed by atoms with E-state index in [9.17, 15) is 0 Å². The molecule has 0 saturated heterocycles. The summed E-state index contributed by atoms with van der Waals surface area (Å²) in [6.07, 6.45) is 6.66. The molecule has 0 aromatic heterocycles. The van der Waals surface area contributed by atoms with E-state index in [2.05, 4.69) is 36.2 Å². The van der Waals surface area contributed by atoms with Gasteiger partial charge in [-0.3, -0.25) is 0 Å². The molecule has 0 spiro atoms. The van der Waals surface area contributed by atoms with Gasteiger partial charge in [-0.25, -0.2) is 0 Å². The third-order valence-corrected chi connectivity index (χ3v) is 2.35. The summed E-state index contributed by atoms with van der Waals surface area (Å²) in [7, 11) is 1.82. The number of benzene rings is 1. The van der Waals surface area contributed by atoms with Gasteiger partial charge in [0.25, 0.3) is 0 Å². The molecule has 1 aromatic carbocycles. The Labute approximate surface area is 86.9 Å². The maximum Gasteiger partial charge on any atom is 0.0273 e. The highest BCUT2D eigenvalue weighted by Gasteiger charge is 1.93. The minimum absolute atomic E-state index is 0.949. The van der Waals surface area contributed by atoms with Gasteiger partial charge in [-0.2, -0.15) is 0 Å². The van der Waals surface area contributed by atoms with Crippen molar-refractivity contribution in [2.45, 2.75) is 32.6 Å². The maximum absolute atomic E-state index is 3.98. The molecule has 76 valence electrons. The van der Waals surface area contributed by atoms with Gasteiger partial charge in [-0.05, 0) is 24.0 Å². The summed E-state index contributed by atoms with van der Waals surface area (Å²) in [4.78, 5) is 3.98. The van der Waals surface area contributed by atoms with Gasteiger partial charge < -0.3 is 4.99 Å². The minimum atomic E-state index is 0.949. The molecule has 1 heteroatoms. The average molecular weight is 189 g/mol. The van der Waals surface area contributed by atoms with Gasteiger partial charge in [0, 0.05) is 19.7 Å². The summed E-state index contributed by atoms with van der Waals surface area (Å²) >= 11 is 0. The quantitative estimate of drug-likeness (QED) is 0.630. The van der Waals surface area contributed by atoms with E-state index in [0.717, 1.165) is 6.42 Å². The molecule has 0 aliphatic heterocycles. The summed E-state index contributed by atoms with van der Waals surface area (Å²) in [5.74, 6) is 0. The fraction of sp³-hybridized carbons (Fsp3) is 0.462. The highest BCUT2D eigenvalue weighted by molar-refractivity contribution is 5.61. The molecule has 0 saturated carbocycles. The van der Waals surface area contributed by atoms with Crippen LogP contribution in [0.2, 0.25) is 0 Å². The van der Waals surface area contributed by atoms with E-state index in [1.807, 2.05) is 13.3 Å². The SMILES string of the molecule is CCCCc1ccc(CC=NC)cc1. The Kier molecular flexibility index (Phi) is 4.98. The summed E-state index contributed by atoms with van der Waals surface area (Å²) in [5.41, 5.74) is 2.79. The summed E-state index contributed by atoms with van der Waals surface area (Å²) in [6.45, 7) is 2.23. The molecule has 0 aliphatic rings. The third kappa shape index (κ3) is 3.73. The standard InChI is InChI=1S/C13H19N/c1-3-4-5-12-6-8-13(9-7-12)10-11-14-2/h6-9,11H,3-5,10H2,1-2H3. The van der Waals surface area contributed by atoms with Crippen LogP contribution in [0.3, 0.4) is 0 Å². The predicted octanol–water partition coefficient (Wildman–Crippen LogP) is 3.27. The van der Waals surface area contributed by atoms with E-state index in [-0.39, 0.29) is 0 Å². The molecule has 1 nitrogen and oxygen atoms in total. The Morgan fingerprint density at radius 3 is 2.36 bits per heavy atom. The second-order valence-electron chi connectivity index (χ2n) is 3.56. The van der Waals surface area contributed by atoms with Crippen molar-refractivity contribution in [1.29, 1.82) is 0 Å². The van der Waals surface area contributed by atoms with Crippen LogP contribution < -0.4 is 0 Å². The van der Waals surface area contributed by atoms with Gasteiger partial charge in [0.05, 0.1) is 0 Å². The van der Waals surface area contributed by atoms with E-state index in [1.165, 1.54) is 30.4 Å². The van der Waals surface area contributed by atoms with Crippen LogP contribution >= 0.6 is 0 Å². The zero-order chi connectivity index (χ0) is 10.2. The van der Waals surface area contributed by atoms with Crippen molar-refractivity contribution in [3.8, 4) is 0 Å². The first-order chi connectivity index (χ1) is 6.86. The van der Waals surface area contributed by atoms with E-state index >= 15 is 0 Å². The summed E-state index contributed by atoms with van der Waals surface area (Å²) in [6, 6.07) is 8.86. The lowest BCUT2D eigenvalue weighted by molar-refractivity contribution is 0.795. The molecule has 0 aliphatic carbocycles. The zero-order valence-corrected chi connectivity index (χ0v) is 9.16. The Hall–Kier alpha value is -1.11. The van der Waals surface area contributed by atoms with Crippen LogP contribution in [0.1, 0.15) is 30.9 Å². The van der Waals surface area contributed by atoms with Crippen molar-refractivity contribution in [3.05, 3.63) is 35.4 Å². The van der Waals surface area contributed by atoms with Gasteiger partial charge in [-0.1, -0.05) is 37.6 Å². The molecule has 1 aromatic rings. The van der Waals surface area contributed by atoms with E-state index < -0.39 is 0 Å². The first-order valence-electron chi connectivity index (χ1n) is 5.35. The molecule has 0 atom stereocenters. The van der Waals surface area contributed by atoms with Crippen molar-refractivity contribution < 1.29 is 0 Å². The molecule has 0 heterocycles. The van der Waals surface area contributed by atoms with Crippen molar-refractivity contribution in [3.63, 3.8) is 0 Å². The average Bonchev–Trinajstić information content (AvgIpc) is 2.25. The van der Waals surface area contributed by atoms with E-state index in [4.69, 9.17) is 0 Å². The van der Waals surface area contributed by atoms with Crippen LogP contribution in [-0.4, -0.2) is 13.3 Å². The van der Waals surface area contributed by atoms with Gasteiger partial charge in [-0.15, -0.1) is 0 Å². The van der Waals surface area contributed by atoms with Crippen LogP contribution in [0.25, 0.3) is 0 Å². The topological polar surface area (TPSA) is 12.4 Å². The number of nitrogens with zero attached hydrogens (tertiary/aromatic N) is 1. The number of rotatable bonds is 5. The number of hydrogen-bond donors (Lipinski definition) is 0. The van der Waals surface area contributed by atoms with Crippen LogP contribution in [-0.2, 0) is 12.8 Å². The van der Waals surface area contributed by atoms with Crippen molar-refractivity contribution >= 4 is 6.21 Å². The largest absolute Gasteiger partial charge is 0.301 e. The molecule has 1 rings (SSSR count). The lowest BCUT2D eigenvalue weighted by Crippen LogP contribution is -1.88. The third-order valence-electron chi connectivity index (χ3n) is 2.35. The molecule has 0 fully saturated rings. The first-order valence-corrected chi connectivity index (χ1v) is 5.35. The van der Waals surface area contributed by atoms with Gasteiger partial charge in [0.2, 0.25) is 0 Å². The second kappa shape index (κ2) is 6.36. The van der Waals surface area contributed by atoms with Crippen molar-refractivity contribution in [2.24, 2.45) is 4.99 Å². The lowest BCUT2D eigenvalue weighted by Gasteiger charge is -2.01. The molecule has 14 heavy (non-hydrogen) atoms. The van der Waals surface area contributed by atoms with Crippen LogP contribution in [0, 0.1) is 0 Å². The molecule has 0 bridgehead atoms. The molecule has 0 amide bonds. The molecular weight excluding hydrogens is 170 g/mol. The lowest BCUT2D eigenvalue weighted by atomic mass is 10.1. The zero-order valence-electron chi connectivity index (χ0n) is 9.16. The van der Waals surface area contributed by atoms with Gasteiger partial charge >= 0.3 is 0 Å². The molecule has 0 radical (unpaired) electrons. The Morgan fingerprint density at radius 2 is 1.79 bits per heavy atom. The number of aryl methyl sites for hydroxylation is 1. The number of hydrogen-bond acceptors (Lipinski definition) is 1. The molecule has 0 unspecified atom stereocenters. The van der Waals surface area contributed by atoms with Crippen LogP contribution in [0.5, 0.6) is 0 Å². The van der Waals surface area contributed by atoms with Crippen molar-refractivity contribution in [2.75, 3.05) is 7.05 Å². The van der Waals surface area contributed by atoms with E-state index in [1.54, 1.807) is 0 Å².